The van der Waals surface area contributed by atoms with Crippen LogP contribution in [0, 0.1) is 13.8 Å². The van der Waals surface area contributed by atoms with Crippen molar-refractivity contribution in [3.63, 3.8) is 0 Å². The van der Waals surface area contributed by atoms with Gasteiger partial charge in [-0.25, -0.2) is 0 Å². The van der Waals surface area contributed by atoms with Crippen LogP contribution in [0.1, 0.15) is 29.2 Å². The van der Waals surface area contributed by atoms with Gasteiger partial charge in [0.2, 0.25) is 0 Å². The minimum Gasteiger partial charge on any atom is -0.495 e. The van der Waals surface area contributed by atoms with Crippen LogP contribution >= 0.6 is 0 Å². The number of hydrogen-bond acceptors (Lipinski definition) is 3. The summed E-state index contributed by atoms with van der Waals surface area (Å²) in [7, 11) is 1.59. The lowest BCUT2D eigenvalue weighted by Crippen LogP contribution is -2.23. The summed E-state index contributed by atoms with van der Waals surface area (Å²) in [6.45, 7) is 5.87. The molecule has 19 heavy (non-hydrogen) atoms. The van der Waals surface area contributed by atoms with Crippen molar-refractivity contribution in [1.29, 1.82) is 0 Å². The number of ether oxygens (including phenoxy) is 1. The van der Waals surface area contributed by atoms with Crippen molar-refractivity contribution in [2.24, 2.45) is 0 Å². The highest BCUT2D eigenvalue weighted by Crippen LogP contribution is 2.31. The Morgan fingerprint density at radius 2 is 1.79 bits per heavy atom. The Kier molecular flexibility index (Phi) is 3.58. The number of pyridine rings is 1. The second-order valence-electron chi connectivity index (χ2n) is 4.98. The summed E-state index contributed by atoms with van der Waals surface area (Å²) in [5.74, 6) is 0.640. The fourth-order valence-corrected chi connectivity index (χ4v) is 2.01. The van der Waals surface area contributed by atoms with Crippen molar-refractivity contribution >= 4 is 0 Å². The Labute approximate surface area is 113 Å². The lowest BCUT2D eigenvalue weighted by Gasteiger charge is -2.25. The Morgan fingerprint density at radius 3 is 2.42 bits per heavy atom. The molecule has 0 aliphatic heterocycles. The van der Waals surface area contributed by atoms with E-state index >= 15 is 0 Å². The number of aryl methyl sites for hydroxylation is 2. The number of aromatic nitrogens is 1. The molecule has 1 unspecified atom stereocenters. The van der Waals surface area contributed by atoms with Gasteiger partial charge in [0.05, 0.1) is 13.3 Å². The van der Waals surface area contributed by atoms with E-state index in [0.717, 1.165) is 16.7 Å². The van der Waals surface area contributed by atoms with E-state index in [-0.39, 0.29) is 0 Å². The van der Waals surface area contributed by atoms with Crippen LogP contribution < -0.4 is 4.74 Å². The van der Waals surface area contributed by atoms with Crippen molar-refractivity contribution in [3.05, 3.63) is 58.9 Å². The molecule has 1 heterocycles. The zero-order valence-corrected chi connectivity index (χ0v) is 11.8. The number of hydrogen-bond donors (Lipinski definition) is 1. The maximum absolute atomic E-state index is 10.8. The van der Waals surface area contributed by atoms with Crippen LogP contribution in [-0.4, -0.2) is 17.2 Å². The fraction of sp³-hybridized carbons (Fsp3) is 0.312. The van der Waals surface area contributed by atoms with Crippen molar-refractivity contribution in [1.82, 2.24) is 4.98 Å². The standard InChI is InChI=1S/C16H19NO2/c1-11-5-6-13(7-12(11)2)16(3,18)14-8-15(19-4)10-17-9-14/h5-10,18H,1-4H3. The summed E-state index contributed by atoms with van der Waals surface area (Å²) >= 11 is 0. The number of rotatable bonds is 3. The molecule has 0 aliphatic rings. The summed E-state index contributed by atoms with van der Waals surface area (Å²) < 4.78 is 5.16. The van der Waals surface area contributed by atoms with Crippen LogP contribution in [0.15, 0.2) is 36.7 Å². The quantitative estimate of drug-likeness (QED) is 0.919. The van der Waals surface area contributed by atoms with Gasteiger partial charge in [-0.05, 0) is 43.5 Å². The van der Waals surface area contributed by atoms with Gasteiger partial charge in [0.15, 0.2) is 0 Å². The minimum atomic E-state index is -1.08. The largest absolute Gasteiger partial charge is 0.495 e. The Balaban J connectivity index is 2.47. The third kappa shape index (κ3) is 2.61. The van der Waals surface area contributed by atoms with Gasteiger partial charge in [0, 0.05) is 11.8 Å². The van der Waals surface area contributed by atoms with Gasteiger partial charge < -0.3 is 9.84 Å². The average Bonchev–Trinajstić information content (AvgIpc) is 2.41. The molecule has 1 atom stereocenters. The van der Waals surface area contributed by atoms with E-state index in [0.29, 0.717) is 5.75 Å². The molecule has 0 fully saturated rings. The smallest absolute Gasteiger partial charge is 0.137 e. The molecule has 0 saturated heterocycles. The van der Waals surface area contributed by atoms with E-state index in [1.807, 2.05) is 31.2 Å². The van der Waals surface area contributed by atoms with E-state index in [4.69, 9.17) is 4.74 Å². The lowest BCUT2D eigenvalue weighted by molar-refractivity contribution is 0.101. The number of methoxy groups -OCH3 is 1. The van der Waals surface area contributed by atoms with Crippen LogP contribution in [0.25, 0.3) is 0 Å². The van der Waals surface area contributed by atoms with E-state index in [2.05, 4.69) is 11.9 Å². The van der Waals surface area contributed by atoms with Gasteiger partial charge in [-0.1, -0.05) is 18.2 Å². The first-order valence-corrected chi connectivity index (χ1v) is 6.25. The lowest BCUT2D eigenvalue weighted by atomic mass is 9.87. The Bertz CT molecular complexity index is 591. The molecule has 0 aliphatic carbocycles. The first-order valence-electron chi connectivity index (χ1n) is 6.25. The predicted molar refractivity (Wildman–Crippen MR) is 75.4 cm³/mol. The van der Waals surface area contributed by atoms with Crippen LogP contribution in [0.2, 0.25) is 0 Å². The monoisotopic (exact) mass is 257 g/mol. The third-order valence-corrected chi connectivity index (χ3v) is 3.58. The Hall–Kier alpha value is -1.87. The summed E-state index contributed by atoms with van der Waals surface area (Å²) in [4.78, 5) is 4.10. The molecule has 1 aromatic carbocycles. The van der Waals surface area contributed by atoms with E-state index in [1.54, 1.807) is 26.4 Å². The molecule has 0 radical (unpaired) electrons. The number of aliphatic hydroxyl groups is 1. The van der Waals surface area contributed by atoms with Gasteiger partial charge in [-0.2, -0.15) is 0 Å². The van der Waals surface area contributed by atoms with Crippen molar-refractivity contribution < 1.29 is 9.84 Å². The SMILES string of the molecule is COc1cncc(C(C)(O)c2ccc(C)c(C)c2)c1. The maximum atomic E-state index is 10.8. The number of benzene rings is 1. The molecule has 0 amide bonds. The highest BCUT2D eigenvalue weighted by Gasteiger charge is 2.26. The zero-order valence-electron chi connectivity index (χ0n) is 11.8. The highest BCUT2D eigenvalue weighted by atomic mass is 16.5. The second-order valence-corrected chi connectivity index (χ2v) is 4.98. The van der Waals surface area contributed by atoms with Gasteiger partial charge >= 0.3 is 0 Å². The van der Waals surface area contributed by atoms with Gasteiger partial charge in [-0.15, -0.1) is 0 Å². The van der Waals surface area contributed by atoms with E-state index in [1.165, 1.54) is 5.56 Å². The molecule has 3 nitrogen and oxygen atoms in total. The summed E-state index contributed by atoms with van der Waals surface area (Å²) in [6, 6.07) is 7.78. The molecule has 1 aromatic heterocycles. The highest BCUT2D eigenvalue weighted by molar-refractivity contribution is 5.40. The molecular formula is C16H19NO2. The predicted octanol–water partition coefficient (Wildman–Crippen LogP) is 2.96. The van der Waals surface area contributed by atoms with Crippen molar-refractivity contribution in [2.75, 3.05) is 7.11 Å². The van der Waals surface area contributed by atoms with Gasteiger partial charge in [-0.3, -0.25) is 4.98 Å². The first-order chi connectivity index (χ1) is 8.95. The third-order valence-electron chi connectivity index (χ3n) is 3.58. The van der Waals surface area contributed by atoms with Crippen molar-refractivity contribution in [2.45, 2.75) is 26.4 Å². The molecule has 1 N–H and O–H groups in total. The Morgan fingerprint density at radius 1 is 1.05 bits per heavy atom. The van der Waals surface area contributed by atoms with Crippen molar-refractivity contribution in [3.8, 4) is 5.75 Å². The normalized spacial score (nSPS) is 13.9. The average molecular weight is 257 g/mol. The second kappa shape index (κ2) is 5.02. The number of nitrogens with zero attached hydrogens (tertiary/aromatic N) is 1. The summed E-state index contributed by atoms with van der Waals surface area (Å²) in [5, 5.41) is 10.8. The van der Waals surface area contributed by atoms with E-state index in [9.17, 15) is 5.11 Å². The van der Waals surface area contributed by atoms with Crippen LogP contribution in [0.3, 0.4) is 0 Å². The molecule has 100 valence electrons. The first kappa shape index (κ1) is 13.6. The van der Waals surface area contributed by atoms with Crippen LogP contribution in [0.4, 0.5) is 0 Å². The fourth-order valence-electron chi connectivity index (χ4n) is 2.01. The molecular weight excluding hydrogens is 238 g/mol. The van der Waals surface area contributed by atoms with Gasteiger partial charge in [0.25, 0.3) is 0 Å². The van der Waals surface area contributed by atoms with Crippen LogP contribution in [0.5, 0.6) is 5.75 Å². The molecule has 2 aromatic rings. The van der Waals surface area contributed by atoms with E-state index < -0.39 is 5.60 Å². The molecule has 0 spiro atoms. The summed E-state index contributed by atoms with van der Waals surface area (Å²) in [6.07, 6.45) is 3.29. The summed E-state index contributed by atoms with van der Waals surface area (Å²) in [5.41, 5.74) is 2.86. The molecule has 0 saturated carbocycles. The maximum Gasteiger partial charge on any atom is 0.137 e. The van der Waals surface area contributed by atoms with Crippen LogP contribution in [-0.2, 0) is 5.60 Å². The zero-order chi connectivity index (χ0) is 14.0. The molecule has 0 bridgehead atoms. The topological polar surface area (TPSA) is 42.4 Å². The van der Waals surface area contributed by atoms with Gasteiger partial charge in [0.1, 0.15) is 11.4 Å². The molecule has 3 heteroatoms. The minimum absolute atomic E-state index is 0.640. The molecule has 2 rings (SSSR count).